The van der Waals surface area contributed by atoms with Gasteiger partial charge in [-0.1, -0.05) is 47.0 Å². The lowest BCUT2D eigenvalue weighted by molar-refractivity contribution is -0.658. The Kier molecular flexibility index (Phi) is 4.72. The number of aryl methyl sites for hydroxylation is 1. The number of rotatable bonds is 2. The Morgan fingerprint density at radius 3 is 2.50 bits per heavy atom. The van der Waals surface area contributed by atoms with E-state index in [1.54, 1.807) is 12.1 Å². The van der Waals surface area contributed by atoms with Crippen molar-refractivity contribution in [1.29, 1.82) is 0 Å². The van der Waals surface area contributed by atoms with Crippen LogP contribution in [0.15, 0.2) is 42.5 Å². The molecule has 0 spiro atoms. The van der Waals surface area contributed by atoms with E-state index in [4.69, 9.17) is 23.2 Å². The molecule has 0 saturated heterocycles. The average molecular weight is 390 g/mol. The molecule has 4 rings (SSSR count). The molecule has 0 unspecified atom stereocenters. The zero-order valence-corrected chi connectivity index (χ0v) is 16.4. The summed E-state index contributed by atoms with van der Waals surface area (Å²) in [4.78, 5) is 2.26. The highest BCUT2D eigenvalue weighted by atomic mass is 35.5. The summed E-state index contributed by atoms with van der Waals surface area (Å²) >= 11 is 12.3. The summed E-state index contributed by atoms with van der Waals surface area (Å²) in [5, 5.41) is 12.7. The second-order valence-corrected chi connectivity index (χ2v) is 8.06. The molecule has 0 saturated carbocycles. The first-order chi connectivity index (χ1) is 12.5. The highest BCUT2D eigenvalue weighted by molar-refractivity contribution is 6.42. The molecule has 5 heteroatoms. The van der Waals surface area contributed by atoms with Gasteiger partial charge in [0.15, 0.2) is 6.54 Å². The van der Waals surface area contributed by atoms with Crippen LogP contribution >= 0.6 is 23.2 Å². The first-order valence-electron chi connectivity index (χ1n) is 9.14. The minimum absolute atomic E-state index is 0.475. The molecule has 136 valence electrons. The van der Waals surface area contributed by atoms with Gasteiger partial charge in [0.25, 0.3) is 11.6 Å². The fourth-order valence-electron chi connectivity index (χ4n) is 4.03. The molecule has 0 fully saturated rings. The third-order valence-corrected chi connectivity index (χ3v) is 6.20. The second-order valence-electron chi connectivity index (χ2n) is 7.25. The maximum atomic E-state index is 11.7. The summed E-state index contributed by atoms with van der Waals surface area (Å²) in [6.07, 6.45) is 4.37. The molecule has 2 aliphatic heterocycles. The van der Waals surface area contributed by atoms with E-state index in [1.807, 2.05) is 6.07 Å². The quantitative estimate of drug-likeness (QED) is 0.735. The fourth-order valence-corrected chi connectivity index (χ4v) is 4.33. The van der Waals surface area contributed by atoms with Crippen molar-refractivity contribution < 1.29 is 9.68 Å². The van der Waals surface area contributed by atoms with Gasteiger partial charge in [0, 0.05) is 12.0 Å². The first kappa shape index (κ1) is 17.8. The molecular formula is C21H23Cl2N2O+. The monoisotopic (exact) mass is 389 g/mol. The van der Waals surface area contributed by atoms with Crippen LogP contribution in [0.3, 0.4) is 0 Å². The smallest absolute Gasteiger partial charge is 0.271 e. The van der Waals surface area contributed by atoms with Crippen molar-refractivity contribution in [2.75, 3.05) is 18.0 Å². The number of amidine groups is 1. The summed E-state index contributed by atoms with van der Waals surface area (Å²) < 4.78 is 2.17. The van der Waals surface area contributed by atoms with Crippen LogP contribution in [0.4, 0.5) is 5.69 Å². The lowest BCUT2D eigenvalue weighted by Crippen LogP contribution is -2.41. The van der Waals surface area contributed by atoms with Gasteiger partial charge in [0.1, 0.15) is 5.69 Å². The minimum Gasteiger partial charge on any atom is -0.346 e. The van der Waals surface area contributed by atoms with Crippen LogP contribution in [-0.2, 0) is 5.72 Å². The number of β-amino-alcohol motifs (C(OH)–C–C–N with tert-alkyl or cyclic N) is 1. The number of halogens is 2. The summed E-state index contributed by atoms with van der Waals surface area (Å²) in [6.45, 7) is 3.42. The Morgan fingerprint density at radius 2 is 1.77 bits per heavy atom. The molecule has 0 aliphatic carbocycles. The van der Waals surface area contributed by atoms with Crippen LogP contribution in [0.1, 0.15) is 36.8 Å². The van der Waals surface area contributed by atoms with Crippen LogP contribution in [0.2, 0.25) is 10.0 Å². The van der Waals surface area contributed by atoms with Gasteiger partial charge in [-0.15, -0.1) is 0 Å². The van der Waals surface area contributed by atoms with Gasteiger partial charge in [-0.25, -0.2) is 9.48 Å². The molecule has 2 aromatic carbocycles. The standard InChI is InChI=1S/C21H23Cl2N2O/c1-15-6-9-17(10-7-15)24-14-21(26,16-8-11-18(22)19(23)13-16)25-12-4-2-3-5-20(24)25/h6-11,13,26H,2-5,12,14H2,1H3/q+1/t21-/m0/s1. The number of benzene rings is 2. The van der Waals surface area contributed by atoms with Gasteiger partial charge in [0.2, 0.25) is 0 Å². The number of hydrogen-bond donors (Lipinski definition) is 1. The molecule has 2 aromatic rings. The van der Waals surface area contributed by atoms with Crippen molar-refractivity contribution in [3.63, 3.8) is 0 Å². The van der Waals surface area contributed by atoms with E-state index in [0.29, 0.717) is 16.6 Å². The Hall–Kier alpha value is -1.55. The van der Waals surface area contributed by atoms with Gasteiger partial charge in [-0.05, 0) is 50.5 Å². The van der Waals surface area contributed by atoms with E-state index in [0.717, 1.165) is 37.1 Å². The summed E-state index contributed by atoms with van der Waals surface area (Å²) in [5.74, 6) is 1.19. The Morgan fingerprint density at radius 1 is 1.00 bits per heavy atom. The van der Waals surface area contributed by atoms with Crippen LogP contribution in [0.25, 0.3) is 0 Å². The molecular weight excluding hydrogens is 367 g/mol. The van der Waals surface area contributed by atoms with Crippen molar-refractivity contribution in [2.24, 2.45) is 0 Å². The number of nitrogens with zero attached hydrogens (tertiary/aromatic N) is 2. The SMILES string of the molecule is Cc1ccc(N2C[C@](O)(c3ccc(Cl)c(Cl)c3)[N+]3=C2CCCCC3)cc1. The van der Waals surface area contributed by atoms with Crippen molar-refractivity contribution in [1.82, 2.24) is 0 Å². The van der Waals surface area contributed by atoms with Gasteiger partial charge in [0.05, 0.1) is 16.6 Å². The lowest BCUT2D eigenvalue weighted by Gasteiger charge is -2.24. The molecule has 1 atom stereocenters. The summed E-state index contributed by atoms with van der Waals surface area (Å²) in [6, 6.07) is 13.9. The van der Waals surface area contributed by atoms with Crippen LogP contribution in [-0.4, -0.2) is 28.6 Å². The third kappa shape index (κ3) is 3.02. The zero-order chi connectivity index (χ0) is 18.3. The van der Waals surface area contributed by atoms with Crippen LogP contribution in [0.5, 0.6) is 0 Å². The van der Waals surface area contributed by atoms with E-state index >= 15 is 0 Å². The third-order valence-electron chi connectivity index (χ3n) is 5.46. The molecule has 0 aromatic heterocycles. The molecule has 2 heterocycles. The molecule has 0 radical (unpaired) electrons. The molecule has 3 nitrogen and oxygen atoms in total. The second kappa shape index (κ2) is 6.88. The van der Waals surface area contributed by atoms with Crippen molar-refractivity contribution in [3.05, 3.63) is 63.6 Å². The van der Waals surface area contributed by atoms with E-state index in [1.165, 1.54) is 17.8 Å². The van der Waals surface area contributed by atoms with E-state index in [-0.39, 0.29) is 0 Å². The van der Waals surface area contributed by atoms with Crippen molar-refractivity contribution >= 4 is 34.7 Å². The topological polar surface area (TPSA) is 26.5 Å². The largest absolute Gasteiger partial charge is 0.346 e. The molecule has 2 aliphatic rings. The number of aliphatic hydroxyl groups is 1. The lowest BCUT2D eigenvalue weighted by atomic mass is 10.0. The molecule has 1 N–H and O–H groups in total. The van der Waals surface area contributed by atoms with E-state index in [9.17, 15) is 5.11 Å². The fraction of sp³-hybridized carbons (Fsp3) is 0.381. The summed E-state index contributed by atoms with van der Waals surface area (Å²) in [7, 11) is 0. The highest BCUT2D eigenvalue weighted by Crippen LogP contribution is 2.37. The van der Waals surface area contributed by atoms with E-state index in [2.05, 4.69) is 40.7 Å². The molecule has 0 amide bonds. The first-order valence-corrected chi connectivity index (χ1v) is 9.90. The zero-order valence-electron chi connectivity index (χ0n) is 14.9. The minimum atomic E-state index is -1.10. The highest BCUT2D eigenvalue weighted by Gasteiger charge is 2.52. The average Bonchev–Trinajstić information content (AvgIpc) is 2.78. The molecule has 0 bridgehead atoms. The maximum absolute atomic E-state index is 11.7. The Balaban J connectivity index is 1.81. The van der Waals surface area contributed by atoms with Gasteiger partial charge >= 0.3 is 0 Å². The van der Waals surface area contributed by atoms with E-state index < -0.39 is 5.72 Å². The molecule has 26 heavy (non-hydrogen) atoms. The summed E-state index contributed by atoms with van der Waals surface area (Å²) in [5.41, 5.74) is 2.04. The number of hydrogen-bond acceptors (Lipinski definition) is 2. The van der Waals surface area contributed by atoms with Crippen LogP contribution in [0, 0.1) is 6.92 Å². The van der Waals surface area contributed by atoms with Gasteiger partial charge in [-0.3, -0.25) is 0 Å². The van der Waals surface area contributed by atoms with Crippen molar-refractivity contribution in [3.8, 4) is 0 Å². The Bertz CT molecular complexity index is 863. The normalized spacial score (nSPS) is 23.2. The van der Waals surface area contributed by atoms with Crippen LogP contribution < -0.4 is 4.90 Å². The number of anilines is 1. The predicted octanol–water partition coefficient (Wildman–Crippen LogP) is 4.95. The van der Waals surface area contributed by atoms with Gasteiger partial charge in [-0.2, -0.15) is 0 Å². The maximum Gasteiger partial charge on any atom is 0.271 e. The predicted molar refractivity (Wildman–Crippen MR) is 107 cm³/mol. The van der Waals surface area contributed by atoms with Gasteiger partial charge < -0.3 is 5.11 Å². The Labute approximate surface area is 164 Å². The van der Waals surface area contributed by atoms with Crippen molar-refractivity contribution in [2.45, 2.75) is 38.3 Å².